The Kier molecular flexibility index (Phi) is 5.40. The van der Waals surface area contributed by atoms with E-state index in [4.69, 9.17) is 10.6 Å². The van der Waals surface area contributed by atoms with Crippen LogP contribution in [0.3, 0.4) is 0 Å². The number of nitrogens with two attached hydrogens (primary N) is 1. The van der Waals surface area contributed by atoms with E-state index in [1.165, 1.54) is 12.8 Å². The SMILES string of the molecule is CCCC(OC1CCC(C)(C)CC1)C(=O)NN. The van der Waals surface area contributed by atoms with Crippen molar-refractivity contribution in [2.75, 3.05) is 0 Å². The van der Waals surface area contributed by atoms with E-state index in [0.29, 0.717) is 5.41 Å². The maximum absolute atomic E-state index is 11.5. The zero-order valence-corrected chi connectivity index (χ0v) is 11.3. The van der Waals surface area contributed by atoms with E-state index in [1.54, 1.807) is 0 Å². The quantitative estimate of drug-likeness (QED) is 0.441. The van der Waals surface area contributed by atoms with Gasteiger partial charge in [-0.2, -0.15) is 0 Å². The van der Waals surface area contributed by atoms with Crippen molar-refractivity contribution in [3.8, 4) is 0 Å². The predicted octanol–water partition coefficient (Wildman–Crippen LogP) is 2.13. The zero-order valence-electron chi connectivity index (χ0n) is 11.3. The van der Waals surface area contributed by atoms with E-state index in [2.05, 4.69) is 19.3 Å². The van der Waals surface area contributed by atoms with Crippen LogP contribution in [0.1, 0.15) is 59.3 Å². The molecule has 1 amide bonds. The summed E-state index contributed by atoms with van der Waals surface area (Å²) in [6.07, 6.45) is 5.93. The number of amides is 1. The second kappa shape index (κ2) is 6.36. The fourth-order valence-electron chi connectivity index (χ4n) is 2.36. The number of hydrogen-bond acceptors (Lipinski definition) is 3. The summed E-state index contributed by atoms with van der Waals surface area (Å²) in [5.74, 6) is 4.97. The Labute approximate surface area is 104 Å². The Morgan fingerprint density at radius 3 is 2.53 bits per heavy atom. The number of rotatable bonds is 5. The molecule has 1 unspecified atom stereocenters. The van der Waals surface area contributed by atoms with E-state index >= 15 is 0 Å². The molecule has 0 aromatic heterocycles. The van der Waals surface area contributed by atoms with Crippen molar-refractivity contribution < 1.29 is 9.53 Å². The summed E-state index contributed by atoms with van der Waals surface area (Å²) in [6, 6.07) is 0. The Bertz CT molecular complexity index is 244. The van der Waals surface area contributed by atoms with Crippen LogP contribution in [0, 0.1) is 5.41 Å². The lowest BCUT2D eigenvalue weighted by Crippen LogP contribution is -2.43. The summed E-state index contributed by atoms with van der Waals surface area (Å²) >= 11 is 0. The van der Waals surface area contributed by atoms with Gasteiger partial charge in [0, 0.05) is 0 Å². The molecule has 0 aromatic carbocycles. The molecule has 0 bridgehead atoms. The van der Waals surface area contributed by atoms with Gasteiger partial charge in [-0.1, -0.05) is 27.2 Å². The minimum Gasteiger partial charge on any atom is -0.365 e. The highest BCUT2D eigenvalue weighted by Crippen LogP contribution is 2.36. The molecule has 17 heavy (non-hydrogen) atoms. The number of hydrazine groups is 1. The smallest absolute Gasteiger partial charge is 0.262 e. The Hall–Kier alpha value is -0.610. The van der Waals surface area contributed by atoms with E-state index < -0.39 is 0 Å². The van der Waals surface area contributed by atoms with E-state index in [1.807, 2.05) is 6.92 Å². The van der Waals surface area contributed by atoms with Crippen molar-refractivity contribution in [3.05, 3.63) is 0 Å². The molecular formula is C13H26N2O2. The molecule has 0 aromatic rings. The molecule has 100 valence electrons. The first-order chi connectivity index (χ1) is 7.98. The highest BCUT2D eigenvalue weighted by atomic mass is 16.5. The molecule has 0 radical (unpaired) electrons. The summed E-state index contributed by atoms with van der Waals surface area (Å²) in [5.41, 5.74) is 2.62. The second-order valence-corrected chi connectivity index (χ2v) is 5.79. The third-order valence-electron chi connectivity index (χ3n) is 3.63. The van der Waals surface area contributed by atoms with Gasteiger partial charge >= 0.3 is 0 Å². The molecule has 1 aliphatic rings. The lowest BCUT2D eigenvalue weighted by Gasteiger charge is -2.35. The molecule has 0 saturated heterocycles. The van der Waals surface area contributed by atoms with Crippen molar-refractivity contribution in [2.24, 2.45) is 11.3 Å². The summed E-state index contributed by atoms with van der Waals surface area (Å²) in [7, 11) is 0. The van der Waals surface area contributed by atoms with Crippen molar-refractivity contribution in [3.63, 3.8) is 0 Å². The van der Waals surface area contributed by atoms with Gasteiger partial charge in [0.05, 0.1) is 6.10 Å². The van der Waals surface area contributed by atoms with Gasteiger partial charge in [0.25, 0.3) is 5.91 Å². The topological polar surface area (TPSA) is 64.3 Å². The first-order valence-electron chi connectivity index (χ1n) is 6.64. The third kappa shape index (κ3) is 4.64. The van der Waals surface area contributed by atoms with Gasteiger partial charge in [-0.15, -0.1) is 0 Å². The number of nitrogens with one attached hydrogen (secondary N) is 1. The van der Waals surface area contributed by atoms with Crippen LogP contribution in [0.25, 0.3) is 0 Å². The summed E-state index contributed by atoms with van der Waals surface area (Å²) in [6.45, 7) is 6.63. The summed E-state index contributed by atoms with van der Waals surface area (Å²) < 4.78 is 5.89. The van der Waals surface area contributed by atoms with Gasteiger partial charge in [0.2, 0.25) is 0 Å². The van der Waals surface area contributed by atoms with Crippen LogP contribution in [-0.2, 0) is 9.53 Å². The molecule has 1 atom stereocenters. The van der Waals surface area contributed by atoms with E-state index in [-0.39, 0.29) is 18.1 Å². The van der Waals surface area contributed by atoms with Crippen LogP contribution in [0.4, 0.5) is 0 Å². The van der Waals surface area contributed by atoms with Crippen molar-refractivity contribution in [1.82, 2.24) is 5.43 Å². The lowest BCUT2D eigenvalue weighted by molar-refractivity contribution is -0.139. The van der Waals surface area contributed by atoms with Crippen LogP contribution >= 0.6 is 0 Å². The Balaban J connectivity index is 2.43. The maximum atomic E-state index is 11.5. The van der Waals surface area contributed by atoms with Crippen LogP contribution in [0.2, 0.25) is 0 Å². The molecule has 3 N–H and O–H groups in total. The summed E-state index contributed by atoms with van der Waals surface area (Å²) in [5, 5.41) is 0. The monoisotopic (exact) mass is 242 g/mol. The minimum absolute atomic E-state index is 0.198. The molecule has 4 nitrogen and oxygen atoms in total. The number of carbonyl (C=O) groups excluding carboxylic acids is 1. The number of ether oxygens (including phenoxy) is 1. The molecule has 1 saturated carbocycles. The average molecular weight is 242 g/mol. The number of hydrogen-bond donors (Lipinski definition) is 2. The van der Waals surface area contributed by atoms with Crippen LogP contribution in [-0.4, -0.2) is 18.1 Å². The average Bonchev–Trinajstić information content (AvgIpc) is 2.30. The van der Waals surface area contributed by atoms with Crippen LogP contribution < -0.4 is 11.3 Å². The van der Waals surface area contributed by atoms with Crippen molar-refractivity contribution in [1.29, 1.82) is 0 Å². The first kappa shape index (κ1) is 14.5. The fourth-order valence-corrected chi connectivity index (χ4v) is 2.36. The molecule has 1 rings (SSSR count). The van der Waals surface area contributed by atoms with E-state index in [9.17, 15) is 4.79 Å². The number of carbonyl (C=O) groups is 1. The highest BCUT2D eigenvalue weighted by Gasteiger charge is 2.30. The largest absolute Gasteiger partial charge is 0.365 e. The van der Waals surface area contributed by atoms with Crippen LogP contribution in [0.15, 0.2) is 0 Å². The Morgan fingerprint density at radius 2 is 2.06 bits per heavy atom. The standard InChI is InChI=1S/C13H26N2O2/c1-4-5-11(12(16)15-14)17-10-6-8-13(2,3)9-7-10/h10-11H,4-9,14H2,1-3H3,(H,15,16). The van der Waals surface area contributed by atoms with Crippen LogP contribution in [0.5, 0.6) is 0 Å². The van der Waals surface area contributed by atoms with Gasteiger partial charge < -0.3 is 4.74 Å². The van der Waals surface area contributed by atoms with E-state index in [0.717, 1.165) is 25.7 Å². The fraction of sp³-hybridized carbons (Fsp3) is 0.923. The zero-order chi connectivity index (χ0) is 12.9. The molecule has 1 fully saturated rings. The molecule has 0 spiro atoms. The third-order valence-corrected chi connectivity index (χ3v) is 3.63. The van der Waals surface area contributed by atoms with Crippen molar-refractivity contribution in [2.45, 2.75) is 71.5 Å². The molecule has 1 aliphatic carbocycles. The second-order valence-electron chi connectivity index (χ2n) is 5.79. The lowest BCUT2D eigenvalue weighted by atomic mass is 9.76. The molecule has 4 heteroatoms. The van der Waals surface area contributed by atoms with Gasteiger partial charge in [0.15, 0.2) is 0 Å². The predicted molar refractivity (Wildman–Crippen MR) is 68.1 cm³/mol. The molecular weight excluding hydrogens is 216 g/mol. The Morgan fingerprint density at radius 1 is 1.47 bits per heavy atom. The highest BCUT2D eigenvalue weighted by molar-refractivity contribution is 5.80. The normalized spacial score (nSPS) is 22.1. The van der Waals surface area contributed by atoms with Gasteiger partial charge in [-0.25, -0.2) is 5.84 Å². The summed E-state index contributed by atoms with van der Waals surface area (Å²) in [4.78, 5) is 11.5. The maximum Gasteiger partial charge on any atom is 0.262 e. The first-order valence-corrected chi connectivity index (χ1v) is 6.64. The molecule has 0 heterocycles. The van der Waals surface area contributed by atoms with Gasteiger partial charge in [-0.3, -0.25) is 10.2 Å². The molecule has 0 aliphatic heterocycles. The van der Waals surface area contributed by atoms with Gasteiger partial charge in [-0.05, 0) is 37.5 Å². The minimum atomic E-state index is -0.379. The van der Waals surface area contributed by atoms with Gasteiger partial charge in [0.1, 0.15) is 6.10 Å². The van der Waals surface area contributed by atoms with Crippen molar-refractivity contribution >= 4 is 5.91 Å².